The van der Waals surface area contributed by atoms with Crippen LogP contribution in [-0.2, 0) is 4.79 Å². The zero-order valence-electron chi connectivity index (χ0n) is 11.9. The maximum absolute atomic E-state index is 11.0. The van der Waals surface area contributed by atoms with E-state index in [0.717, 1.165) is 16.8 Å². The van der Waals surface area contributed by atoms with E-state index >= 15 is 0 Å². The summed E-state index contributed by atoms with van der Waals surface area (Å²) in [5.41, 5.74) is 3.16. The second kappa shape index (κ2) is 5.73. The van der Waals surface area contributed by atoms with Crippen molar-refractivity contribution in [2.24, 2.45) is 0 Å². The number of benzene rings is 2. The fraction of sp³-hybridized carbons (Fsp3) is 0.0588. The van der Waals surface area contributed by atoms with Crippen LogP contribution in [0.3, 0.4) is 0 Å². The molecule has 3 aromatic rings. The molecule has 0 radical (unpaired) electrons. The maximum atomic E-state index is 11.0. The number of nitrogens with one attached hydrogen (secondary N) is 1. The van der Waals surface area contributed by atoms with E-state index in [1.54, 1.807) is 36.4 Å². The number of carbonyl (C=O) groups is 1. The lowest BCUT2D eigenvalue weighted by Gasteiger charge is -2.02. The van der Waals surface area contributed by atoms with Gasteiger partial charge in [0.1, 0.15) is 11.4 Å². The molecule has 0 atom stereocenters. The smallest absolute Gasteiger partial charge is 0.221 e. The van der Waals surface area contributed by atoms with Crippen LogP contribution in [0.2, 0.25) is 0 Å². The Labute approximate surface area is 127 Å². The van der Waals surface area contributed by atoms with Gasteiger partial charge in [-0.1, -0.05) is 5.16 Å². The molecule has 0 aliphatic rings. The Bertz CT molecular complexity index is 790. The molecule has 0 bridgehead atoms. The summed E-state index contributed by atoms with van der Waals surface area (Å²) in [5, 5.41) is 16.0. The number of hydrogen-bond acceptors (Lipinski definition) is 4. The molecule has 0 aliphatic heterocycles. The number of rotatable bonds is 3. The summed E-state index contributed by atoms with van der Waals surface area (Å²) in [5.74, 6) is 0.737. The molecule has 0 aliphatic carbocycles. The molecule has 22 heavy (non-hydrogen) atoms. The highest BCUT2D eigenvalue weighted by Crippen LogP contribution is 2.27. The zero-order valence-corrected chi connectivity index (χ0v) is 11.9. The van der Waals surface area contributed by atoms with Gasteiger partial charge in [-0.15, -0.1) is 0 Å². The molecule has 0 saturated heterocycles. The van der Waals surface area contributed by atoms with Gasteiger partial charge in [0.05, 0.1) is 0 Å². The van der Waals surface area contributed by atoms with E-state index in [9.17, 15) is 9.90 Å². The molecule has 0 saturated carbocycles. The fourth-order valence-corrected chi connectivity index (χ4v) is 2.10. The molecular weight excluding hydrogens is 280 g/mol. The summed E-state index contributed by atoms with van der Waals surface area (Å²) in [6.07, 6.45) is 0. The molecule has 5 heteroatoms. The summed E-state index contributed by atoms with van der Waals surface area (Å²) in [6.45, 7) is 1.47. The van der Waals surface area contributed by atoms with Crippen molar-refractivity contribution in [3.8, 4) is 28.3 Å². The Morgan fingerprint density at radius 3 is 2.32 bits per heavy atom. The van der Waals surface area contributed by atoms with Gasteiger partial charge in [0.15, 0.2) is 5.76 Å². The molecule has 2 N–H and O–H groups in total. The van der Waals surface area contributed by atoms with Crippen LogP contribution < -0.4 is 5.32 Å². The van der Waals surface area contributed by atoms with E-state index in [1.165, 1.54) is 6.92 Å². The number of aromatic hydroxyl groups is 1. The standard InChI is InChI=1S/C17H14N2O3/c1-11(20)18-14-6-2-13(3-7-14)17-10-16(19-22-17)12-4-8-15(21)9-5-12/h2-10,21H,1H3,(H,18,20). The summed E-state index contributed by atoms with van der Waals surface area (Å²) >= 11 is 0. The Morgan fingerprint density at radius 1 is 1.05 bits per heavy atom. The van der Waals surface area contributed by atoms with Crippen LogP contribution in [0.25, 0.3) is 22.6 Å². The minimum absolute atomic E-state index is 0.109. The van der Waals surface area contributed by atoms with Crippen LogP contribution >= 0.6 is 0 Å². The van der Waals surface area contributed by atoms with Crippen LogP contribution in [0.5, 0.6) is 5.75 Å². The Morgan fingerprint density at radius 2 is 1.68 bits per heavy atom. The lowest BCUT2D eigenvalue weighted by molar-refractivity contribution is -0.114. The van der Waals surface area contributed by atoms with E-state index in [-0.39, 0.29) is 11.7 Å². The molecular formula is C17H14N2O3. The topological polar surface area (TPSA) is 75.4 Å². The number of carbonyl (C=O) groups excluding carboxylic acids is 1. The van der Waals surface area contributed by atoms with Gasteiger partial charge < -0.3 is 14.9 Å². The minimum atomic E-state index is -0.109. The first kappa shape index (κ1) is 13.9. The van der Waals surface area contributed by atoms with Crippen molar-refractivity contribution in [2.75, 3.05) is 5.32 Å². The number of phenols is 1. The highest BCUT2D eigenvalue weighted by atomic mass is 16.5. The first-order valence-corrected chi connectivity index (χ1v) is 6.76. The lowest BCUT2D eigenvalue weighted by Crippen LogP contribution is -2.05. The van der Waals surface area contributed by atoms with Gasteiger partial charge in [0.25, 0.3) is 0 Å². The third-order valence-electron chi connectivity index (χ3n) is 3.16. The van der Waals surface area contributed by atoms with Gasteiger partial charge >= 0.3 is 0 Å². The van der Waals surface area contributed by atoms with E-state index in [0.29, 0.717) is 11.5 Å². The van der Waals surface area contributed by atoms with Crippen LogP contribution in [0.4, 0.5) is 5.69 Å². The molecule has 2 aromatic carbocycles. The van der Waals surface area contributed by atoms with E-state index < -0.39 is 0 Å². The Balaban J connectivity index is 1.84. The van der Waals surface area contributed by atoms with Crippen LogP contribution in [0.1, 0.15) is 6.92 Å². The van der Waals surface area contributed by atoms with Crippen molar-refractivity contribution in [3.63, 3.8) is 0 Å². The zero-order chi connectivity index (χ0) is 15.5. The van der Waals surface area contributed by atoms with E-state index in [2.05, 4.69) is 10.5 Å². The predicted octanol–water partition coefficient (Wildman–Crippen LogP) is 3.67. The summed E-state index contributed by atoms with van der Waals surface area (Å²) in [4.78, 5) is 11.0. The maximum Gasteiger partial charge on any atom is 0.221 e. The summed E-state index contributed by atoms with van der Waals surface area (Å²) < 4.78 is 5.36. The second-order valence-electron chi connectivity index (χ2n) is 4.88. The van der Waals surface area contributed by atoms with Crippen molar-refractivity contribution < 1.29 is 14.4 Å². The Hall–Kier alpha value is -3.08. The minimum Gasteiger partial charge on any atom is -0.508 e. The summed E-state index contributed by atoms with van der Waals surface area (Å²) in [7, 11) is 0. The normalized spacial score (nSPS) is 10.4. The first-order valence-electron chi connectivity index (χ1n) is 6.76. The van der Waals surface area contributed by atoms with Crippen LogP contribution in [0.15, 0.2) is 59.1 Å². The molecule has 0 unspecified atom stereocenters. The second-order valence-corrected chi connectivity index (χ2v) is 4.88. The number of aromatic nitrogens is 1. The number of nitrogens with zero attached hydrogens (tertiary/aromatic N) is 1. The van der Waals surface area contributed by atoms with Gasteiger partial charge in [0.2, 0.25) is 5.91 Å². The monoisotopic (exact) mass is 294 g/mol. The largest absolute Gasteiger partial charge is 0.508 e. The first-order chi connectivity index (χ1) is 10.6. The number of phenolic OH excluding ortho intramolecular Hbond substituents is 1. The van der Waals surface area contributed by atoms with E-state index in [1.807, 2.05) is 18.2 Å². The molecule has 1 aromatic heterocycles. The van der Waals surface area contributed by atoms with E-state index in [4.69, 9.17) is 4.52 Å². The number of hydrogen-bond donors (Lipinski definition) is 2. The van der Waals surface area contributed by atoms with Crippen molar-refractivity contribution >= 4 is 11.6 Å². The van der Waals surface area contributed by atoms with Gasteiger partial charge in [-0.2, -0.15) is 0 Å². The highest BCUT2D eigenvalue weighted by molar-refractivity contribution is 5.88. The molecule has 0 spiro atoms. The predicted molar refractivity (Wildman–Crippen MR) is 83.3 cm³/mol. The van der Waals surface area contributed by atoms with Crippen LogP contribution in [-0.4, -0.2) is 16.2 Å². The van der Waals surface area contributed by atoms with Crippen LogP contribution in [0, 0.1) is 0 Å². The molecule has 1 heterocycles. The van der Waals surface area contributed by atoms with Crippen molar-refractivity contribution in [2.45, 2.75) is 6.92 Å². The summed E-state index contributed by atoms with van der Waals surface area (Å²) in [6, 6.07) is 15.9. The number of amides is 1. The molecule has 5 nitrogen and oxygen atoms in total. The van der Waals surface area contributed by atoms with Crippen molar-refractivity contribution in [1.29, 1.82) is 0 Å². The van der Waals surface area contributed by atoms with Crippen molar-refractivity contribution in [3.05, 3.63) is 54.6 Å². The fourth-order valence-electron chi connectivity index (χ4n) is 2.10. The quantitative estimate of drug-likeness (QED) is 0.772. The van der Waals surface area contributed by atoms with Gasteiger partial charge in [-0.05, 0) is 48.5 Å². The number of anilines is 1. The van der Waals surface area contributed by atoms with Gasteiger partial charge in [0, 0.05) is 29.8 Å². The van der Waals surface area contributed by atoms with Gasteiger partial charge in [-0.3, -0.25) is 4.79 Å². The average molecular weight is 294 g/mol. The van der Waals surface area contributed by atoms with Gasteiger partial charge in [-0.25, -0.2) is 0 Å². The molecule has 3 rings (SSSR count). The third-order valence-corrected chi connectivity index (χ3v) is 3.16. The lowest BCUT2D eigenvalue weighted by atomic mass is 10.1. The molecule has 1 amide bonds. The third kappa shape index (κ3) is 2.98. The SMILES string of the molecule is CC(=O)Nc1ccc(-c2cc(-c3ccc(O)cc3)no2)cc1. The van der Waals surface area contributed by atoms with Crippen molar-refractivity contribution in [1.82, 2.24) is 5.16 Å². The Kier molecular flexibility index (Phi) is 3.62. The highest BCUT2D eigenvalue weighted by Gasteiger charge is 2.09. The molecule has 110 valence electrons. The molecule has 0 fully saturated rings. The average Bonchev–Trinajstić information content (AvgIpc) is 2.98.